The minimum absolute atomic E-state index is 0.0103. The van der Waals surface area contributed by atoms with Gasteiger partial charge in [-0.05, 0) is 36.8 Å². The van der Waals surface area contributed by atoms with E-state index >= 15 is 0 Å². The number of hydrogen-bond acceptors (Lipinski definition) is 3. The zero-order chi connectivity index (χ0) is 10.7. The molecule has 15 heavy (non-hydrogen) atoms. The Morgan fingerprint density at radius 2 is 2.20 bits per heavy atom. The molecular formula is C12H19NOS. The molecule has 2 nitrogen and oxygen atoms in total. The van der Waals surface area contributed by atoms with Crippen LogP contribution in [-0.2, 0) is 6.54 Å². The van der Waals surface area contributed by atoms with Crippen LogP contribution < -0.4 is 5.32 Å². The summed E-state index contributed by atoms with van der Waals surface area (Å²) < 4.78 is 0. The first kappa shape index (κ1) is 11.1. The van der Waals surface area contributed by atoms with Crippen LogP contribution in [0.25, 0.3) is 0 Å². The Kier molecular flexibility index (Phi) is 3.44. The predicted octanol–water partition coefficient (Wildman–Crippen LogP) is 2.45. The van der Waals surface area contributed by atoms with Crippen LogP contribution in [0.5, 0.6) is 0 Å². The molecule has 0 saturated heterocycles. The van der Waals surface area contributed by atoms with Crippen LogP contribution in [0, 0.1) is 6.92 Å². The van der Waals surface area contributed by atoms with Gasteiger partial charge in [-0.15, -0.1) is 11.3 Å². The first-order valence-electron chi connectivity index (χ1n) is 5.65. The number of nitrogens with one attached hydrogen (secondary N) is 1. The summed E-state index contributed by atoms with van der Waals surface area (Å²) in [6.45, 7) is 3.33. The molecule has 0 radical (unpaired) electrons. The lowest BCUT2D eigenvalue weighted by Gasteiger charge is -2.28. The van der Waals surface area contributed by atoms with Gasteiger partial charge in [-0.3, -0.25) is 0 Å². The Morgan fingerprint density at radius 3 is 2.73 bits per heavy atom. The van der Waals surface area contributed by atoms with Crippen LogP contribution in [0.2, 0.25) is 0 Å². The van der Waals surface area contributed by atoms with Crippen molar-refractivity contribution in [2.24, 2.45) is 0 Å². The third-order valence-corrected chi connectivity index (χ3v) is 4.48. The highest BCUT2D eigenvalue weighted by molar-refractivity contribution is 7.10. The highest BCUT2D eigenvalue weighted by atomic mass is 32.1. The average molecular weight is 225 g/mol. The first-order chi connectivity index (χ1) is 7.26. The fourth-order valence-corrected chi connectivity index (χ4v) is 3.14. The number of rotatable bonds is 4. The highest BCUT2D eigenvalue weighted by Gasteiger charge is 2.32. The maximum atomic E-state index is 9.46. The van der Waals surface area contributed by atoms with E-state index < -0.39 is 0 Å². The lowest BCUT2D eigenvalue weighted by atomic mass is 9.99. The maximum Gasteiger partial charge on any atom is 0.0613 e. The fraction of sp³-hybridized carbons (Fsp3) is 0.667. The SMILES string of the molecule is Cc1ccsc1CNC1(CO)CCCC1. The number of aliphatic hydroxyl groups excluding tert-OH is 1. The van der Waals surface area contributed by atoms with Gasteiger partial charge in [-0.1, -0.05) is 12.8 Å². The summed E-state index contributed by atoms with van der Waals surface area (Å²) in [6, 6.07) is 2.15. The van der Waals surface area contributed by atoms with E-state index in [0.717, 1.165) is 19.4 Å². The zero-order valence-electron chi connectivity index (χ0n) is 9.25. The van der Waals surface area contributed by atoms with E-state index in [2.05, 4.69) is 23.7 Å². The topological polar surface area (TPSA) is 32.3 Å². The minimum Gasteiger partial charge on any atom is -0.394 e. The van der Waals surface area contributed by atoms with Crippen LogP contribution >= 0.6 is 11.3 Å². The van der Waals surface area contributed by atoms with Gasteiger partial charge in [0.25, 0.3) is 0 Å². The van der Waals surface area contributed by atoms with Crippen molar-refractivity contribution in [2.45, 2.75) is 44.7 Å². The molecule has 3 heteroatoms. The minimum atomic E-state index is 0.0103. The monoisotopic (exact) mass is 225 g/mol. The quantitative estimate of drug-likeness (QED) is 0.825. The van der Waals surface area contributed by atoms with Crippen molar-refractivity contribution in [2.75, 3.05) is 6.61 Å². The van der Waals surface area contributed by atoms with Crippen LogP contribution in [0.15, 0.2) is 11.4 Å². The van der Waals surface area contributed by atoms with Gasteiger partial charge in [0.2, 0.25) is 0 Å². The molecule has 1 aliphatic rings. The predicted molar refractivity (Wildman–Crippen MR) is 64.2 cm³/mol. The summed E-state index contributed by atoms with van der Waals surface area (Å²) in [6.07, 6.45) is 4.73. The molecule has 0 aliphatic heterocycles. The van der Waals surface area contributed by atoms with E-state index in [1.54, 1.807) is 11.3 Å². The Balaban J connectivity index is 1.94. The Bertz CT molecular complexity index is 315. The second-order valence-electron chi connectivity index (χ2n) is 4.53. The fourth-order valence-electron chi connectivity index (χ4n) is 2.30. The molecule has 0 aromatic carbocycles. The van der Waals surface area contributed by atoms with Gasteiger partial charge in [0.1, 0.15) is 0 Å². The molecule has 1 aliphatic carbocycles. The van der Waals surface area contributed by atoms with E-state index in [1.165, 1.54) is 23.3 Å². The average Bonchev–Trinajstić information content (AvgIpc) is 2.85. The zero-order valence-corrected chi connectivity index (χ0v) is 10.1. The lowest BCUT2D eigenvalue weighted by molar-refractivity contribution is 0.163. The van der Waals surface area contributed by atoms with Crippen molar-refractivity contribution in [3.63, 3.8) is 0 Å². The summed E-state index contributed by atoms with van der Waals surface area (Å²) in [5, 5.41) is 15.1. The summed E-state index contributed by atoms with van der Waals surface area (Å²) >= 11 is 1.80. The summed E-state index contributed by atoms with van der Waals surface area (Å²) in [7, 11) is 0. The van der Waals surface area contributed by atoms with Gasteiger partial charge in [0.15, 0.2) is 0 Å². The van der Waals surface area contributed by atoms with E-state index in [-0.39, 0.29) is 12.1 Å². The third-order valence-electron chi connectivity index (χ3n) is 3.46. The van der Waals surface area contributed by atoms with Gasteiger partial charge in [-0.2, -0.15) is 0 Å². The van der Waals surface area contributed by atoms with Crippen molar-refractivity contribution in [1.29, 1.82) is 0 Å². The second kappa shape index (κ2) is 4.64. The van der Waals surface area contributed by atoms with Crippen LogP contribution in [0.1, 0.15) is 36.1 Å². The number of aliphatic hydroxyl groups is 1. The molecule has 1 aromatic heterocycles. The highest BCUT2D eigenvalue weighted by Crippen LogP contribution is 2.30. The summed E-state index contributed by atoms with van der Waals surface area (Å²) in [5.74, 6) is 0. The molecule has 0 atom stereocenters. The van der Waals surface area contributed by atoms with Gasteiger partial charge in [0, 0.05) is 17.0 Å². The van der Waals surface area contributed by atoms with Crippen LogP contribution in [-0.4, -0.2) is 17.3 Å². The smallest absolute Gasteiger partial charge is 0.0613 e. The molecule has 0 spiro atoms. The molecule has 0 unspecified atom stereocenters. The van der Waals surface area contributed by atoms with Gasteiger partial charge in [0.05, 0.1) is 6.61 Å². The lowest BCUT2D eigenvalue weighted by Crippen LogP contribution is -2.45. The largest absolute Gasteiger partial charge is 0.394 e. The molecular weight excluding hydrogens is 206 g/mol. The summed E-state index contributed by atoms with van der Waals surface area (Å²) in [4.78, 5) is 1.40. The van der Waals surface area contributed by atoms with Gasteiger partial charge in [-0.25, -0.2) is 0 Å². The van der Waals surface area contributed by atoms with Crippen molar-refractivity contribution in [3.05, 3.63) is 21.9 Å². The number of hydrogen-bond donors (Lipinski definition) is 2. The van der Waals surface area contributed by atoms with Gasteiger partial charge < -0.3 is 10.4 Å². The second-order valence-corrected chi connectivity index (χ2v) is 5.53. The molecule has 1 saturated carbocycles. The first-order valence-corrected chi connectivity index (χ1v) is 6.53. The van der Waals surface area contributed by atoms with Crippen LogP contribution in [0.4, 0.5) is 0 Å². The third kappa shape index (κ3) is 2.41. The van der Waals surface area contributed by atoms with Crippen molar-refractivity contribution in [1.82, 2.24) is 5.32 Å². The van der Waals surface area contributed by atoms with E-state index in [4.69, 9.17) is 0 Å². The van der Waals surface area contributed by atoms with E-state index in [9.17, 15) is 5.11 Å². The number of aryl methyl sites for hydroxylation is 1. The van der Waals surface area contributed by atoms with E-state index in [0.29, 0.717) is 0 Å². The molecule has 0 bridgehead atoms. The molecule has 1 aromatic rings. The van der Waals surface area contributed by atoms with Gasteiger partial charge >= 0.3 is 0 Å². The molecule has 84 valence electrons. The normalized spacial score (nSPS) is 19.6. The molecule has 0 amide bonds. The number of thiophene rings is 1. The molecule has 2 rings (SSSR count). The molecule has 1 fully saturated rings. The van der Waals surface area contributed by atoms with Crippen molar-refractivity contribution in [3.8, 4) is 0 Å². The summed E-state index contributed by atoms with van der Waals surface area (Å²) in [5.41, 5.74) is 1.37. The molecule has 2 N–H and O–H groups in total. The van der Waals surface area contributed by atoms with E-state index in [1.807, 2.05) is 0 Å². The van der Waals surface area contributed by atoms with Crippen LogP contribution in [0.3, 0.4) is 0 Å². The standard InChI is InChI=1S/C12H19NOS/c1-10-4-7-15-11(10)8-13-12(9-14)5-2-3-6-12/h4,7,13-14H,2-3,5-6,8-9H2,1H3. The Hall–Kier alpha value is -0.380. The molecule has 1 heterocycles. The van der Waals surface area contributed by atoms with Crippen molar-refractivity contribution < 1.29 is 5.11 Å². The maximum absolute atomic E-state index is 9.46. The Labute approximate surface area is 95.3 Å². The Morgan fingerprint density at radius 1 is 1.47 bits per heavy atom. The van der Waals surface area contributed by atoms with Crippen molar-refractivity contribution >= 4 is 11.3 Å².